The summed E-state index contributed by atoms with van der Waals surface area (Å²) in [6.45, 7) is 6.73. The van der Waals surface area contributed by atoms with E-state index in [1.165, 1.54) is 0 Å². The first-order chi connectivity index (χ1) is 7.20. The zero-order valence-electron chi connectivity index (χ0n) is 12.5. The third-order valence-corrected chi connectivity index (χ3v) is 3.13. The summed E-state index contributed by atoms with van der Waals surface area (Å²) in [4.78, 5) is 22.3. The third-order valence-electron chi connectivity index (χ3n) is 3.13. The van der Waals surface area contributed by atoms with Gasteiger partial charge in [-0.15, -0.1) is 0 Å². The molecule has 0 fully saturated rings. The third kappa shape index (κ3) is 6.32. The van der Waals surface area contributed by atoms with E-state index in [9.17, 15) is 19.8 Å². The second-order valence-electron chi connectivity index (χ2n) is 5.19. The molecule has 0 aromatic rings. The van der Waals surface area contributed by atoms with Crippen molar-refractivity contribution in [3.8, 4) is 0 Å². The summed E-state index contributed by atoms with van der Waals surface area (Å²) in [5.41, 5.74) is -2.82. The zero-order valence-corrected chi connectivity index (χ0v) is 18.7. The minimum atomic E-state index is -1.90. The predicted molar refractivity (Wildman–Crippen MR) is 56.0 cm³/mol. The number of hydrogen-bond acceptors (Lipinski definition) is 4. The standard InChI is InChI=1S/C12H22O4.2K/c1-5-6-7-8-12(9(13)14,10(15)16)11(2,3)4;;/h5-8H2,1-4H3,(H,13,14)(H,15,16);;/q;2*+1/p-2. The first kappa shape index (κ1) is 25.2. The van der Waals surface area contributed by atoms with Crippen molar-refractivity contribution in [2.24, 2.45) is 10.8 Å². The van der Waals surface area contributed by atoms with Crippen LogP contribution >= 0.6 is 0 Å². The van der Waals surface area contributed by atoms with Gasteiger partial charge in [-0.3, -0.25) is 0 Å². The normalized spacial score (nSPS) is 11.1. The van der Waals surface area contributed by atoms with E-state index in [1.54, 1.807) is 20.8 Å². The number of rotatable bonds is 6. The zero-order chi connectivity index (χ0) is 13.0. The SMILES string of the molecule is CCCCCC(C(=O)[O-])(C(=O)[O-])C(C)(C)C.[K+].[K+]. The summed E-state index contributed by atoms with van der Waals surface area (Å²) in [5, 5.41) is 22.3. The number of unbranched alkanes of at least 4 members (excludes halogenated alkanes) is 2. The summed E-state index contributed by atoms with van der Waals surface area (Å²) in [5.74, 6) is -3.09. The van der Waals surface area contributed by atoms with Crippen molar-refractivity contribution in [1.82, 2.24) is 0 Å². The van der Waals surface area contributed by atoms with Crippen molar-refractivity contribution in [2.45, 2.75) is 53.4 Å². The van der Waals surface area contributed by atoms with Gasteiger partial charge in [-0.2, -0.15) is 0 Å². The molecule has 0 spiro atoms. The molecule has 0 aliphatic carbocycles. The number of hydrogen-bond donors (Lipinski definition) is 0. The predicted octanol–water partition coefficient (Wildman–Crippen LogP) is -5.89. The largest absolute Gasteiger partial charge is 1.00 e. The van der Waals surface area contributed by atoms with E-state index < -0.39 is 22.8 Å². The van der Waals surface area contributed by atoms with Crippen molar-refractivity contribution in [2.75, 3.05) is 0 Å². The molecule has 6 heteroatoms. The molecule has 0 saturated heterocycles. The number of aliphatic carboxylic acids is 2. The summed E-state index contributed by atoms with van der Waals surface area (Å²) in [6.07, 6.45) is 2.32. The molecule has 0 radical (unpaired) electrons. The quantitative estimate of drug-likeness (QED) is 0.278. The van der Waals surface area contributed by atoms with Gasteiger partial charge in [0.05, 0.1) is 17.4 Å². The molecule has 0 heterocycles. The van der Waals surface area contributed by atoms with Crippen LogP contribution in [-0.4, -0.2) is 11.9 Å². The minimum Gasteiger partial charge on any atom is -0.549 e. The van der Waals surface area contributed by atoms with Gasteiger partial charge in [-0.25, -0.2) is 0 Å². The molecule has 4 nitrogen and oxygen atoms in total. The molecule has 94 valence electrons. The van der Waals surface area contributed by atoms with Crippen LogP contribution in [0.15, 0.2) is 0 Å². The molecular weight excluding hydrogens is 286 g/mol. The first-order valence-electron chi connectivity index (χ1n) is 5.63. The smallest absolute Gasteiger partial charge is 0.549 e. The average molecular weight is 306 g/mol. The molecule has 0 amide bonds. The Morgan fingerprint density at radius 1 is 0.944 bits per heavy atom. The molecule has 0 atom stereocenters. The van der Waals surface area contributed by atoms with Gasteiger partial charge >= 0.3 is 103 Å². The summed E-state index contributed by atoms with van der Waals surface area (Å²) in [6, 6.07) is 0. The van der Waals surface area contributed by atoms with Crippen LogP contribution in [0.25, 0.3) is 0 Å². The maximum atomic E-state index is 11.2. The van der Waals surface area contributed by atoms with Crippen LogP contribution in [0.2, 0.25) is 0 Å². The topological polar surface area (TPSA) is 80.3 Å². The van der Waals surface area contributed by atoms with E-state index in [-0.39, 0.29) is 109 Å². The van der Waals surface area contributed by atoms with Crippen molar-refractivity contribution in [1.29, 1.82) is 0 Å². The van der Waals surface area contributed by atoms with E-state index in [4.69, 9.17) is 0 Å². The molecule has 0 N–H and O–H groups in total. The number of carboxylic acids is 2. The van der Waals surface area contributed by atoms with Crippen molar-refractivity contribution in [3.63, 3.8) is 0 Å². The second-order valence-corrected chi connectivity index (χ2v) is 5.19. The van der Waals surface area contributed by atoms with Gasteiger partial charge in [-0.1, -0.05) is 47.0 Å². The molecule has 0 bridgehead atoms. The molecule has 0 aromatic carbocycles. The van der Waals surface area contributed by atoms with E-state index in [1.807, 2.05) is 6.92 Å². The van der Waals surface area contributed by atoms with Gasteiger partial charge in [0.25, 0.3) is 0 Å². The maximum Gasteiger partial charge on any atom is 1.00 e. The minimum absolute atomic E-state index is 0. The fourth-order valence-electron chi connectivity index (χ4n) is 1.91. The van der Waals surface area contributed by atoms with Crippen molar-refractivity contribution >= 4 is 11.9 Å². The van der Waals surface area contributed by atoms with Gasteiger partial charge in [0.2, 0.25) is 0 Å². The Bertz CT molecular complexity index is 258. The Labute approximate surface area is 195 Å². The van der Waals surface area contributed by atoms with Gasteiger partial charge < -0.3 is 19.8 Å². The Kier molecular flexibility index (Phi) is 15.2. The summed E-state index contributed by atoms with van der Waals surface area (Å²) in [7, 11) is 0. The fraction of sp³-hybridized carbons (Fsp3) is 0.833. The Hall–Kier alpha value is 2.21. The molecule has 0 aliphatic heterocycles. The molecule has 0 rings (SSSR count). The molecule has 0 aliphatic rings. The second kappa shape index (κ2) is 10.9. The Balaban J connectivity index is -0.00000112. The van der Waals surface area contributed by atoms with Crippen molar-refractivity contribution < 1.29 is 123 Å². The van der Waals surface area contributed by atoms with E-state index in [0.717, 1.165) is 12.8 Å². The van der Waals surface area contributed by atoms with Gasteiger partial charge in [0.1, 0.15) is 0 Å². The first-order valence-corrected chi connectivity index (χ1v) is 5.63. The average Bonchev–Trinajstić information content (AvgIpc) is 2.08. The van der Waals surface area contributed by atoms with Crippen LogP contribution < -0.4 is 113 Å². The molecular formula is C12H20K2O4. The maximum absolute atomic E-state index is 11.2. The monoisotopic (exact) mass is 306 g/mol. The summed E-state index contributed by atoms with van der Waals surface area (Å²) >= 11 is 0. The van der Waals surface area contributed by atoms with Crippen LogP contribution in [0.3, 0.4) is 0 Å². The molecule has 0 aromatic heterocycles. The van der Waals surface area contributed by atoms with E-state index >= 15 is 0 Å². The van der Waals surface area contributed by atoms with Crippen LogP contribution in [0, 0.1) is 10.8 Å². The van der Waals surface area contributed by atoms with Crippen LogP contribution in [-0.2, 0) is 9.59 Å². The number of carbonyl (C=O) groups is 2. The fourth-order valence-corrected chi connectivity index (χ4v) is 1.91. The molecule has 18 heavy (non-hydrogen) atoms. The Morgan fingerprint density at radius 2 is 1.33 bits per heavy atom. The summed E-state index contributed by atoms with van der Waals surface area (Å²) < 4.78 is 0. The van der Waals surface area contributed by atoms with E-state index in [2.05, 4.69) is 0 Å². The number of carbonyl (C=O) groups excluding carboxylic acids is 2. The van der Waals surface area contributed by atoms with Gasteiger partial charge in [-0.05, 0) is 11.8 Å². The van der Waals surface area contributed by atoms with Gasteiger partial charge in [0, 0.05) is 0 Å². The van der Waals surface area contributed by atoms with Gasteiger partial charge in [0.15, 0.2) is 0 Å². The molecule has 0 saturated carbocycles. The Morgan fingerprint density at radius 3 is 1.56 bits per heavy atom. The van der Waals surface area contributed by atoms with Crippen molar-refractivity contribution in [3.05, 3.63) is 0 Å². The number of carboxylic acid groups (broad SMARTS) is 2. The molecule has 0 unspecified atom stereocenters. The van der Waals surface area contributed by atoms with Crippen LogP contribution in [0.1, 0.15) is 53.4 Å². The van der Waals surface area contributed by atoms with Crippen LogP contribution in [0.5, 0.6) is 0 Å². The van der Waals surface area contributed by atoms with E-state index in [0.29, 0.717) is 6.42 Å². The van der Waals surface area contributed by atoms with Crippen LogP contribution in [0.4, 0.5) is 0 Å².